The second-order valence-electron chi connectivity index (χ2n) is 3.95. The van der Waals surface area contributed by atoms with E-state index in [2.05, 4.69) is 10.3 Å². The van der Waals surface area contributed by atoms with Gasteiger partial charge in [0.25, 0.3) is 0 Å². The molecule has 2 aromatic rings. The van der Waals surface area contributed by atoms with Gasteiger partial charge in [-0.1, -0.05) is 17.3 Å². The van der Waals surface area contributed by atoms with Gasteiger partial charge in [-0.05, 0) is 17.7 Å². The van der Waals surface area contributed by atoms with Crippen molar-refractivity contribution >= 4 is 5.97 Å². The lowest BCUT2D eigenvalue weighted by atomic mass is 10.2. The summed E-state index contributed by atoms with van der Waals surface area (Å²) in [5.41, 5.74) is 1.17. The second kappa shape index (κ2) is 5.49. The molecule has 7 nitrogen and oxygen atoms in total. The minimum absolute atomic E-state index is 0.111. The standard InChI is InChI=1S/C12H13N3O4/c1-19-7-10-11(12(17)18)13-14-15(10)6-8-2-4-9(16)5-3-8/h2-5,16H,6-7H2,1H3,(H,17,18). The molecule has 0 amide bonds. The van der Waals surface area contributed by atoms with Gasteiger partial charge in [-0.25, -0.2) is 9.48 Å². The zero-order valence-electron chi connectivity index (χ0n) is 10.3. The number of phenols is 1. The second-order valence-corrected chi connectivity index (χ2v) is 3.95. The van der Waals surface area contributed by atoms with Crippen LogP contribution in [0.15, 0.2) is 24.3 Å². The lowest BCUT2D eigenvalue weighted by Crippen LogP contribution is -2.10. The van der Waals surface area contributed by atoms with Crippen LogP contribution < -0.4 is 0 Å². The van der Waals surface area contributed by atoms with Gasteiger partial charge < -0.3 is 14.9 Å². The van der Waals surface area contributed by atoms with Crippen molar-refractivity contribution < 1.29 is 19.7 Å². The van der Waals surface area contributed by atoms with E-state index in [1.807, 2.05) is 0 Å². The van der Waals surface area contributed by atoms with Crippen LogP contribution in [-0.4, -0.2) is 38.3 Å². The zero-order chi connectivity index (χ0) is 13.8. The summed E-state index contributed by atoms with van der Waals surface area (Å²) in [5, 5.41) is 25.7. The Morgan fingerprint density at radius 2 is 2.05 bits per heavy atom. The summed E-state index contributed by atoms with van der Waals surface area (Å²) in [5.74, 6) is -0.963. The molecule has 100 valence electrons. The highest BCUT2D eigenvalue weighted by molar-refractivity contribution is 5.86. The Kier molecular flexibility index (Phi) is 3.76. The molecule has 1 aromatic carbocycles. The molecule has 0 atom stereocenters. The van der Waals surface area contributed by atoms with Crippen molar-refractivity contribution in [3.05, 3.63) is 41.2 Å². The number of carbonyl (C=O) groups is 1. The maximum absolute atomic E-state index is 11.0. The van der Waals surface area contributed by atoms with E-state index in [9.17, 15) is 9.90 Å². The first kappa shape index (κ1) is 13.0. The molecule has 1 aromatic heterocycles. The Labute approximate surface area is 109 Å². The van der Waals surface area contributed by atoms with Gasteiger partial charge >= 0.3 is 5.97 Å². The van der Waals surface area contributed by atoms with Gasteiger partial charge in [-0.3, -0.25) is 0 Å². The van der Waals surface area contributed by atoms with E-state index >= 15 is 0 Å². The van der Waals surface area contributed by atoms with Gasteiger partial charge in [0.2, 0.25) is 0 Å². The summed E-state index contributed by atoms with van der Waals surface area (Å²) >= 11 is 0. The third-order valence-electron chi connectivity index (χ3n) is 2.59. The number of aromatic hydroxyl groups is 1. The number of methoxy groups -OCH3 is 1. The van der Waals surface area contributed by atoms with Crippen molar-refractivity contribution in [2.45, 2.75) is 13.2 Å². The topological polar surface area (TPSA) is 97.5 Å². The molecule has 2 rings (SSSR count). The van der Waals surface area contributed by atoms with E-state index in [1.54, 1.807) is 24.3 Å². The Hall–Kier alpha value is -2.41. The number of carboxylic acid groups (broad SMARTS) is 1. The molecule has 0 aliphatic rings. The lowest BCUT2D eigenvalue weighted by Gasteiger charge is -2.06. The molecule has 0 radical (unpaired) electrons. The molecule has 0 unspecified atom stereocenters. The number of ether oxygens (including phenoxy) is 1. The lowest BCUT2D eigenvalue weighted by molar-refractivity contribution is 0.0684. The van der Waals surface area contributed by atoms with Crippen LogP contribution in [0.25, 0.3) is 0 Å². The largest absolute Gasteiger partial charge is 0.508 e. The van der Waals surface area contributed by atoms with Gasteiger partial charge in [0.15, 0.2) is 5.69 Å². The van der Waals surface area contributed by atoms with Gasteiger partial charge in [-0.2, -0.15) is 0 Å². The van der Waals surface area contributed by atoms with E-state index in [0.717, 1.165) is 5.56 Å². The number of nitrogens with zero attached hydrogens (tertiary/aromatic N) is 3. The van der Waals surface area contributed by atoms with E-state index in [4.69, 9.17) is 9.84 Å². The molecule has 0 saturated heterocycles. The SMILES string of the molecule is COCc1c(C(=O)O)nnn1Cc1ccc(O)cc1. The minimum atomic E-state index is -1.14. The third-order valence-corrected chi connectivity index (χ3v) is 2.59. The van der Waals surface area contributed by atoms with Crippen LogP contribution in [-0.2, 0) is 17.9 Å². The molecule has 0 spiro atoms. The number of rotatable bonds is 5. The van der Waals surface area contributed by atoms with Gasteiger partial charge in [0.1, 0.15) is 5.75 Å². The van der Waals surface area contributed by atoms with Crippen LogP contribution in [0, 0.1) is 0 Å². The van der Waals surface area contributed by atoms with E-state index in [0.29, 0.717) is 12.2 Å². The van der Waals surface area contributed by atoms with Crippen molar-refractivity contribution in [3.63, 3.8) is 0 Å². The minimum Gasteiger partial charge on any atom is -0.508 e. The molecular weight excluding hydrogens is 250 g/mol. The Balaban J connectivity index is 2.29. The van der Waals surface area contributed by atoms with Crippen molar-refractivity contribution in [2.24, 2.45) is 0 Å². The quantitative estimate of drug-likeness (QED) is 0.831. The number of benzene rings is 1. The predicted molar refractivity (Wildman–Crippen MR) is 64.9 cm³/mol. The number of hydrogen-bond acceptors (Lipinski definition) is 5. The summed E-state index contributed by atoms with van der Waals surface area (Å²) in [4.78, 5) is 11.0. The Morgan fingerprint density at radius 3 is 2.63 bits per heavy atom. The highest BCUT2D eigenvalue weighted by Gasteiger charge is 2.18. The fourth-order valence-electron chi connectivity index (χ4n) is 1.68. The van der Waals surface area contributed by atoms with E-state index < -0.39 is 5.97 Å². The normalized spacial score (nSPS) is 10.6. The van der Waals surface area contributed by atoms with E-state index in [1.165, 1.54) is 11.8 Å². The molecule has 0 bridgehead atoms. The van der Waals surface area contributed by atoms with Crippen molar-refractivity contribution in [1.82, 2.24) is 15.0 Å². The van der Waals surface area contributed by atoms with E-state index in [-0.39, 0.29) is 18.1 Å². The molecule has 1 heterocycles. The molecule has 0 aliphatic heterocycles. The molecule has 0 saturated carbocycles. The third kappa shape index (κ3) is 2.89. The van der Waals surface area contributed by atoms with Gasteiger partial charge in [0, 0.05) is 7.11 Å². The van der Waals surface area contributed by atoms with Crippen LogP contribution in [0.1, 0.15) is 21.7 Å². The molecular formula is C12H13N3O4. The first-order valence-corrected chi connectivity index (χ1v) is 5.54. The van der Waals surface area contributed by atoms with Crippen LogP contribution in [0.3, 0.4) is 0 Å². The number of carboxylic acids is 1. The van der Waals surface area contributed by atoms with Crippen molar-refractivity contribution in [2.75, 3.05) is 7.11 Å². The predicted octanol–water partition coefficient (Wildman–Crippen LogP) is 0.877. The first-order valence-electron chi connectivity index (χ1n) is 5.54. The van der Waals surface area contributed by atoms with Crippen LogP contribution in [0.2, 0.25) is 0 Å². The van der Waals surface area contributed by atoms with Gasteiger partial charge in [-0.15, -0.1) is 5.10 Å². The smallest absolute Gasteiger partial charge is 0.358 e. The van der Waals surface area contributed by atoms with Crippen molar-refractivity contribution in [3.8, 4) is 5.75 Å². The average Bonchev–Trinajstić information content (AvgIpc) is 2.76. The monoisotopic (exact) mass is 263 g/mol. The first-order chi connectivity index (χ1) is 9.11. The summed E-state index contributed by atoms with van der Waals surface area (Å²) in [7, 11) is 1.48. The number of hydrogen-bond donors (Lipinski definition) is 2. The maximum Gasteiger partial charge on any atom is 0.358 e. The van der Waals surface area contributed by atoms with Crippen LogP contribution >= 0.6 is 0 Å². The highest BCUT2D eigenvalue weighted by atomic mass is 16.5. The fraction of sp³-hybridized carbons (Fsp3) is 0.250. The van der Waals surface area contributed by atoms with Gasteiger partial charge in [0.05, 0.1) is 18.8 Å². The molecule has 7 heteroatoms. The summed E-state index contributed by atoms with van der Waals surface area (Å²) in [6.45, 7) is 0.478. The maximum atomic E-state index is 11.0. The van der Waals surface area contributed by atoms with Crippen molar-refractivity contribution in [1.29, 1.82) is 0 Å². The molecule has 0 fully saturated rings. The van der Waals surface area contributed by atoms with Crippen LogP contribution in [0.5, 0.6) is 5.75 Å². The summed E-state index contributed by atoms with van der Waals surface area (Å²) in [6.07, 6.45) is 0. The molecule has 0 aliphatic carbocycles. The summed E-state index contributed by atoms with van der Waals surface area (Å²) in [6, 6.07) is 6.57. The fourth-order valence-corrected chi connectivity index (χ4v) is 1.68. The number of aromatic carboxylic acids is 1. The zero-order valence-corrected chi connectivity index (χ0v) is 10.3. The Bertz CT molecular complexity index is 577. The highest BCUT2D eigenvalue weighted by Crippen LogP contribution is 2.13. The number of phenolic OH excluding ortho intramolecular Hbond substituents is 1. The number of aromatic nitrogens is 3. The Morgan fingerprint density at radius 1 is 1.37 bits per heavy atom. The average molecular weight is 263 g/mol. The van der Waals surface area contributed by atoms with Crippen LogP contribution in [0.4, 0.5) is 0 Å². The summed E-state index contributed by atoms with van der Waals surface area (Å²) < 4.78 is 6.44. The molecule has 2 N–H and O–H groups in total. The molecule has 19 heavy (non-hydrogen) atoms.